The molecule has 0 bridgehead atoms. The maximum atomic E-state index is 6.34. The van der Waals surface area contributed by atoms with Gasteiger partial charge in [0.1, 0.15) is 0 Å². The molecule has 2 aromatic rings. The van der Waals surface area contributed by atoms with Crippen LogP contribution in [0.3, 0.4) is 0 Å². The zero-order valence-electron chi connectivity index (χ0n) is 12.5. The van der Waals surface area contributed by atoms with Crippen LogP contribution in [0.25, 0.3) is 0 Å². The Morgan fingerprint density at radius 1 is 1.10 bits per heavy atom. The fraction of sp³-hybridized carbons (Fsp3) is 0.294. The molecule has 0 heterocycles. The molecule has 0 aliphatic rings. The molecule has 0 saturated carbocycles. The van der Waals surface area contributed by atoms with E-state index in [4.69, 9.17) is 23.2 Å². The standard InChI is InChI=1S/C17H20Cl2N2/c1-12(13-7-9-14(18)10-8-13)21(3)17-6-4-5-16(19)15(17)11-20-2/h4-10,12,20H,11H2,1-3H3. The molecule has 2 nitrogen and oxygen atoms in total. The van der Waals surface area contributed by atoms with Crippen molar-refractivity contribution in [2.75, 3.05) is 19.0 Å². The van der Waals surface area contributed by atoms with Crippen molar-refractivity contribution in [1.82, 2.24) is 5.32 Å². The van der Waals surface area contributed by atoms with Gasteiger partial charge in [-0.05, 0) is 43.8 Å². The normalized spacial score (nSPS) is 12.2. The number of nitrogens with one attached hydrogen (secondary N) is 1. The molecule has 0 aliphatic heterocycles. The van der Waals surface area contributed by atoms with Crippen LogP contribution in [0, 0.1) is 0 Å². The van der Waals surface area contributed by atoms with Gasteiger partial charge in [-0.2, -0.15) is 0 Å². The predicted octanol–water partition coefficient (Wildman–Crippen LogP) is 4.91. The van der Waals surface area contributed by atoms with E-state index in [9.17, 15) is 0 Å². The fourth-order valence-electron chi connectivity index (χ4n) is 2.40. The first-order valence-electron chi connectivity index (χ1n) is 6.95. The van der Waals surface area contributed by atoms with E-state index >= 15 is 0 Å². The Labute approximate surface area is 136 Å². The van der Waals surface area contributed by atoms with Gasteiger partial charge in [-0.3, -0.25) is 0 Å². The lowest BCUT2D eigenvalue weighted by Gasteiger charge is -2.30. The number of anilines is 1. The van der Waals surface area contributed by atoms with E-state index in [1.807, 2.05) is 31.3 Å². The van der Waals surface area contributed by atoms with Crippen molar-refractivity contribution in [3.8, 4) is 0 Å². The Hall–Kier alpha value is -1.22. The van der Waals surface area contributed by atoms with Gasteiger partial charge in [0, 0.05) is 34.9 Å². The van der Waals surface area contributed by atoms with Crippen LogP contribution < -0.4 is 10.2 Å². The molecule has 112 valence electrons. The summed E-state index contributed by atoms with van der Waals surface area (Å²) in [5, 5.41) is 4.72. The summed E-state index contributed by atoms with van der Waals surface area (Å²) in [5.74, 6) is 0. The minimum Gasteiger partial charge on any atom is -0.368 e. The average Bonchev–Trinajstić information content (AvgIpc) is 2.49. The maximum absolute atomic E-state index is 6.34. The van der Waals surface area contributed by atoms with Crippen LogP contribution in [0.4, 0.5) is 5.69 Å². The largest absolute Gasteiger partial charge is 0.368 e. The lowest BCUT2D eigenvalue weighted by atomic mass is 10.0. The molecular formula is C17H20Cl2N2. The van der Waals surface area contributed by atoms with Gasteiger partial charge in [-0.25, -0.2) is 0 Å². The molecule has 21 heavy (non-hydrogen) atoms. The monoisotopic (exact) mass is 322 g/mol. The summed E-state index contributed by atoms with van der Waals surface area (Å²) in [6.45, 7) is 2.92. The lowest BCUT2D eigenvalue weighted by molar-refractivity contribution is 0.727. The van der Waals surface area contributed by atoms with E-state index in [1.54, 1.807) is 0 Å². The highest BCUT2D eigenvalue weighted by Gasteiger charge is 2.16. The summed E-state index contributed by atoms with van der Waals surface area (Å²) in [6, 6.07) is 14.2. The zero-order valence-corrected chi connectivity index (χ0v) is 14.0. The molecule has 0 amide bonds. The number of hydrogen-bond donors (Lipinski definition) is 1. The van der Waals surface area contributed by atoms with Crippen LogP contribution in [0.1, 0.15) is 24.1 Å². The number of halogens is 2. The number of rotatable bonds is 5. The fourth-order valence-corrected chi connectivity index (χ4v) is 2.77. The minimum absolute atomic E-state index is 0.233. The first-order valence-corrected chi connectivity index (χ1v) is 7.70. The summed E-state index contributed by atoms with van der Waals surface area (Å²) in [7, 11) is 4.01. The predicted molar refractivity (Wildman–Crippen MR) is 92.5 cm³/mol. The average molecular weight is 323 g/mol. The van der Waals surface area contributed by atoms with E-state index in [2.05, 4.69) is 42.4 Å². The van der Waals surface area contributed by atoms with E-state index in [0.717, 1.165) is 27.8 Å². The van der Waals surface area contributed by atoms with Crippen LogP contribution in [0.15, 0.2) is 42.5 Å². The molecule has 0 radical (unpaired) electrons. The van der Waals surface area contributed by atoms with Gasteiger partial charge in [0.25, 0.3) is 0 Å². The number of hydrogen-bond acceptors (Lipinski definition) is 2. The Morgan fingerprint density at radius 3 is 2.38 bits per heavy atom. The molecule has 4 heteroatoms. The van der Waals surface area contributed by atoms with E-state index in [0.29, 0.717) is 0 Å². The van der Waals surface area contributed by atoms with Crippen LogP contribution >= 0.6 is 23.2 Å². The summed E-state index contributed by atoms with van der Waals surface area (Å²) < 4.78 is 0. The molecule has 1 unspecified atom stereocenters. The van der Waals surface area contributed by atoms with E-state index in [1.165, 1.54) is 5.56 Å². The molecular weight excluding hydrogens is 303 g/mol. The van der Waals surface area contributed by atoms with Crippen LogP contribution in [0.2, 0.25) is 10.0 Å². The number of benzene rings is 2. The molecule has 2 aromatic carbocycles. The molecule has 2 rings (SSSR count). The first-order chi connectivity index (χ1) is 10.0. The topological polar surface area (TPSA) is 15.3 Å². The van der Waals surface area contributed by atoms with Crippen molar-refractivity contribution < 1.29 is 0 Å². The summed E-state index contributed by atoms with van der Waals surface area (Å²) in [5.41, 5.74) is 3.47. The van der Waals surface area contributed by atoms with E-state index in [-0.39, 0.29) is 6.04 Å². The van der Waals surface area contributed by atoms with Crippen molar-refractivity contribution >= 4 is 28.9 Å². The Balaban J connectivity index is 2.32. The quantitative estimate of drug-likeness (QED) is 0.841. The third-order valence-corrected chi connectivity index (χ3v) is 4.37. The maximum Gasteiger partial charge on any atom is 0.0511 e. The molecule has 1 N–H and O–H groups in total. The molecule has 0 spiro atoms. The highest BCUT2D eigenvalue weighted by molar-refractivity contribution is 6.31. The van der Waals surface area contributed by atoms with Gasteiger partial charge in [0.05, 0.1) is 6.04 Å². The van der Waals surface area contributed by atoms with Crippen molar-refractivity contribution in [2.24, 2.45) is 0 Å². The molecule has 1 atom stereocenters. The van der Waals surface area contributed by atoms with Gasteiger partial charge < -0.3 is 10.2 Å². The van der Waals surface area contributed by atoms with Gasteiger partial charge in [-0.15, -0.1) is 0 Å². The van der Waals surface area contributed by atoms with Crippen molar-refractivity contribution in [1.29, 1.82) is 0 Å². The van der Waals surface area contributed by atoms with Crippen molar-refractivity contribution in [3.63, 3.8) is 0 Å². The molecule has 0 saturated heterocycles. The van der Waals surface area contributed by atoms with Crippen LogP contribution in [0.5, 0.6) is 0 Å². The Bertz CT molecular complexity index is 596. The first kappa shape index (κ1) is 16.2. The molecule has 0 aromatic heterocycles. The summed E-state index contributed by atoms with van der Waals surface area (Å²) in [4.78, 5) is 2.24. The second-order valence-electron chi connectivity index (χ2n) is 5.11. The van der Waals surface area contributed by atoms with Gasteiger partial charge >= 0.3 is 0 Å². The van der Waals surface area contributed by atoms with Crippen molar-refractivity contribution in [2.45, 2.75) is 19.5 Å². The third-order valence-electron chi connectivity index (χ3n) is 3.76. The summed E-state index contributed by atoms with van der Waals surface area (Å²) in [6.07, 6.45) is 0. The summed E-state index contributed by atoms with van der Waals surface area (Å²) >= 11 is 12.3. The lowest BCUT2D eigenvalue weighted by Crippen LogP contribution is -2.24. The van der Waals surface area contributed by atoms with Crippen LogP contribution in [-0.2, 0) is 6.54 Å². The van der Waals surface area contributed by atoms with Crippen molar-refractivity contribution in [3.05, 3.63) is 63.6 Å². The Morgan fingerprint density at radius 2 is 1.76 bits per heavy atom. The smallest absolute Gasteiger partial charge is 0.0511 e. The highest BCUT2D eigenvalue weighted by atomic mass is 35.5. The Kier molecular flexibility index (Phi) is 5.51. The molecule has 0 fully saturated rings. The number of nitrogens with zero attached hydrogens (tertiary/aromatic N) is 1. The SMILES string of the molecule is CNCc1c(Cl)cccc1N(C)C(C)c1ccc(Cl)cc1. The van der Waals surface area contributed by atoms with Crippen LogP contribution in [-0.4, -0.2) is 14.1 Å². The highest BCUT2D eigenvalue weighted by Crippen LogP contribution is 2.32. The second kappa shape index (κ2) is 7.17. The zero-order chi connectivity index (χ0) is 15.4. The van der Waals surface area contributed by atoms with Gasteiger partial charge in [0.2, 0.25) is 0 Å². The molecule has 0 aliphatic carbocycles. The van der Waals surface area contributed by atoms with Gasteiger partial charge in [0.15, 0.2) is 0 Å². The second-order valence-corrected chi connectivity index (χ2v) is 5.95. The minimum atomic E-state index is 0.233. The van der Waals surface area contributed by atoms with E-state index < -0.39 is 0 Å². The third kappa shape index (κ3) is 3.70. The van der Waals surface area contributed by atoms with Gasteiger partial charge in [-0.1, -0.05) is 41.4 Å².